The van der Waals surface area contributed by atoms with Gasteiger partial charge in [0, 0.05) is 17.7 Å². The molecule has 0 spiro atoms. The second-order valence-electron chi connectivity index (χ2n) is 6.82. The van der Waals surface area contributed by atoms with Crippen LogP contribution in [0.25, 0.3) is 6.08 Å². The first-order valence-electron chi connectivity index (χ1n) is 7.81. The van der Waals surface area contributed by atoms with Crippen LogP contribution in [0.5, 0.6) is 0 Å². The van der Waals surface area contributed by atoms with E-state index in [0.29, 0.717) is 12.1 Å². The van der Waals surface area contributed by atoms with E-state index in [1.165, 1.54) is 0 Å². The van der Waals surface area contributed by atoms with Crippen LogP contribution in [0.1, 0.15) is 38.8 Å². The third-order valence-corrected chi connectivity index (χ3v) is 4.56. The van der Waals surface area contributed by atoms with Crippen molar-refractivity contribution in [3.05, 3.63) is 40.6 Å². The van der Waals surface area contributed by atoms with Crippen molar-refractivity contribution in [1.29, 1.82) is 0 Å². The molecule has 1 saturated heterocycles. The lowest BCUT2D eigenvalue weighted by atomic mass is 9.77. The number of halogens is 1. The number of aliphatic hydroxyl groups is 1. The largest absolute Gasteiger partial charge is 0.491 e. The highest BCUT2D eigenvalue weighted by molar-refractivity contribution is 6.55. The van der Waals surface area contributed by atoms with Crippen molar-refractivity contribution in [2.24, 2.45) is 0 Å². The van der Waals surface area contributed by atoms with Crippen LogP contribution in [0.4, 0.5) is 4.39 Å². The van der Waals surface area contributed by atoms with Crippen LogP contribution in [0.3, 0.4) is 0 Å². The standard InChI is InChI=1S/C17H25BFNO3/c1-16(2)17(3,4)23-18(22-16)14(10-20-5)9-12-7-6-8-13(11-21)15(12)19/h6-9,20-21H,10-11H2,1-5H3. The molecule has 126 valence electrons. The predicted octanol–water partition coefficient (Wildman–Crippen LogP) is 2.55. The Morgan fingerprint density at radius 1 is 1.26 bits per heavy atom. The second-order valence-corrected chi connectivity index (χ2v) is 6.82. The molecule has 1 aromatic rings. The summed E-state index contributed by atoms with van der Waals surface area (Å²) in [4.78, 5) is 0. The third kappa shape index (κ3) is 3.66. The van der Waals surface area contributed by atoms with Crippen LogP contribution in [0.15, 0.2) is 23.7 Å². The van der Waals surface area contributed by atoms with Crippen LogP contribution in [-0.4, -0.2) is 37.0 Å². The van der Waals surface area contributed by atoms with Crippen molar-refractivity contribution < 1.29 is 18.8 Å². The number of rotatable bonds is 5. The highest BCUT2D eigenvalue weighted by Crippen LogP contribution is 2.38. The molecule has 4 nitrogen and oxygen atoms in total. The van der Waals surface area contributed by atoms with Gasteiger partial charge in [-0.1, -0.05) is 24.3 Å². The second kappa shape index (κ2) is 6.73. The van der Waals surface area contributed by atoms with Gasteiger partial charge in [0.1, 0.15) is 5.82 Å². The van der Waals surface area contributed by atoms with E-state index in [1.54, 1.807) is 24.3 Å². The summed E-state index contributed by atoms with van der Waals surface area (Å²) in [5.41, 5.74) is 0.597. The maximum absolute atomic E-state index is 14.4. The van der Waals surface area contributed by atoms with Crippen LogP contribution < -0.4 is 5.32 Å². The fourth-order valence-electron chi connectivity index (χ4n) is 2.43. The Bertz CT molecular complexity index is 586. The summed E-state index contributed by atoms with van der Waals surface area (Å²) < 4.78 is 26.4. The Morgan fingerprint density at radius 2 is 1.87 bits per heavy atom. The zero-order chi connectivity index (χ0) is 17.3. The van der Waals surface area contributed by atoms with Crippen LogP contribution in [0.2, 0.25) is 0 Å². The molecule has 0 atom stereocenters. The van der Waals surface area contributed by atoms with Crippen molar-refractivity contribution in [2.75, 3.05) is 13.6 Å². The van der Waals surface area contributed by atoms with E-state index in [4.69, 9.17) is 9.31 Å². The average molecular weight is 321 g/mol. The minimum atomic E-state index is -0.537. The third-order valence-electron chi connectivity index (χ3n) is 4.56. The van der Waals surface area contributed by atoms with Crippen molar-refractivity contribution in [3.8, 4) is 0 Å². The first-order chi connectivity index (χ1) is 10.7. The number of hydrogen-bond acceptors (Lipinski definition) is 4. The van der Waals surface area contributed by atoms with Crippen LogP contribution >= 0.6 is 0 Å². The molecule has 0 radical (unpaired) electrons. The fourth-order valence-corrected chi connectivity index (χ4v) is 2.43. The van der Waals surface area contributed by atoms with Crippen molar-refractivity contribution in [3.63, 3.8) is 0 Å². The fraction of sp³-hybridized carbons (Fsp3) is 0.529. The smallest absolute Gasteiger partial charge is 0.400 e. The molecule has 0 unspecified atom stereocenters. The van der Waals surface area contributed by atoms with Crippen LogP contribution in [0, 0.1) is 5.82 Å². The molecule has 1 heterocycles. The maximum Gasteiger partial charge on any atom is 0.491 e. The lowest BCUT2D eigenvalue weighted by molar-refractivity contribution is 0.00578. The molecule has 0 aromatic heterocycles. The van der Waals surface area contributed by atoms with Gasteiger partial charge in [-0.2, -0.15) is 0 Å². The highest BCUT2D eigenvalue weighted by atomic mass is 19.1. The summed E-state index contributed by atoms with van der Waals surface area (Å²) in [5, 5.41) is 12.3. The topological polar surface area (TPSA) is 50.7 Å². The Hall–Kier alpha value is -1.21. The van der Waals surface area contributed by atoms with Crippen molar-refractivity contribution in [2.45, 2.75) is 45.5 Å². The number of nitrogens with one attached hydrogen (secondary N) is 1. The molecule has 2 N–H and O–H groups in total. The van der Waals surface area contributed by atoms with Gasteiger partial charge >= 0.3 is 7.12 Å². The summed E-state index contributed by atoms with van der Waals surface area (Å²) in [6.07, 6.45) is 1.73. The van der Waals surface area contributed by atoms with E-state index >= 15 is 0 Å². The molecular weight excluding hydrogens is 296 g/mol. The van der Waals surface area contributed by atoms with Gasteiger partial charge in [-0.15, -0.1) is 0 Å². The van der Waals surface area contributed by atoms with Gasteiger partial charge in [-0.25, -0.2) is 4.39 Å². The monoisotopic (exact) mass is 321 g/mol. The molecule has 0 bridgehead atoms. The highest BCUT2D eigenvalue weighted by Gasteiger charge is 2.52. The van der Waals surface area contributed by atoms with Gasteiger partial charge in [0.2, 0.25) is 0 Å². The van der Waals surface area contributed by atoms with Gasteiger partial charge in [-0.3, -0.25) is 0 Å². The lowest BCUT2D eigenvalue weighted by Crippen LogP contribution is -2.41. The molecule has 6 heteroatoms. The number of hydrogen-bond donors (Lipinski definition) is 2. The van der Waals surface area contributed by atoms with Crippen molar-refractivity contribution in [1.82, 2.24) is 5.32 Å². The van der Waals surface area contributed by atoms with E-state index < -0.39 is 24.1 Å². The molecular formula is C17H25BFNO3. The van der Waals surface area contributed by atoms with Gasteiger partial charge < -0.3 is 19.7 Å². The minimum absolute atomic E-state index is 0.275. The van der Waals surface area contributed by atoms with E-state index in [2.05, 4.69) is 5.32 Å². The van der Waals surface area contributed by atoms with Gasteiger partial charge in [0.25, 0.3) is 0 Å². The average Bonchev–Trinajstić information content (AvgIpc) is 2.69. The van der Waals surface area contributed by atoms with E-state index in [9.17, 15) is 9.50 Å². The van der Waals surface area contributed by atoms with Gasteiger partial charge in [0.05, 0.1) is 17.8 Å². The molecule has 1 aliphatic rings. The number of benzene rings is 1. The Balaban J connectivity index is 2.36. The number of aliphatic hydroxyl groups excluding tert-OH is 1. The SMILES string of the molecule is CNCC(=Cc1cccc(CO)c1F)B1OC(C)(C)C(C)(C)O1. The lowest BCUT2D eigenvalue weighted by Gasteiger charge is -2.32. The van der Waals surface area contributed by atoms with Crippen molar-refractivity contribution >= 4 is 13.2 Å². The van der Waals surface area contributed by atoms with Gasteiger partial charge in [0.15, 0.2) is 0 Å². The Labute approximate surface area is 137 Å². The molecule has 0 amide bonds. The zero-order valence-electron chi connectivity index (χ0n) is 14.4. The zero-order valence-corrected chi connectivity index (χ0v) is 14.4. The van der Waals surface area contributed by atoms with E-state index in [0.717, 1.165) is 5.47 Å². The quantitative estimate of drug-likeness (QED) is 0.819. The first-order valence-corrected chi connectivity index (χ1v) is 7.81. The summed E-state index contributed by atoms with van der Waals surface area (Å²) >= 11 is 0. The molecule has 1 fully saturated rings. The molecule has 2 rings (SSSR count). The minimum Gasteiger partial charge on any atom is -0.400 e. The normalized spacial score (nSPS) is 20.1. The van der Waals surface area contributed by atoms with E-state index in [1.807, 2.05) is 34.7 Å². The first kappa shape index (κ1) is 18.1. The number of likely N-dealkylation sites (N-methyl/N-ethyl adjacent to an activating group) is 1. The summed E-state index contributed by atoms with van der Waals surface area (Å²) in [6.45, 7) is 8.12. The Morgan fingerprint density at radius 3 is 2.39 bits per heavy atom. The molecule has 1 aliphatic heterocycles. The molecule has 23 heavy (non-hydrogen) atoms. The summed E-state index contributed by atoms with van der Waals surface area (Å²) in [6, 6.07) is 4.97. The Kier molecular flexibility index (Phi) is 5.31. The molecule has 0 aliphatic carbocycles. The molecule has 1 aromatic carbocycles. The summed E-state index contributed by atoms with van der Waals surface area (Å²) in [5.74, 6) is -0.417. The van der Waals surface area contributed by atoms with E-state index in [-0.39, 0.29) is 12.2 Å². The maximum atomic E-state index is 14.4. The molecule has 0 saturated carbocycles. The predicted molar refractivity (Wildman–Crippen MR) is 90.3 cm³/mol. The van der Waals surface area contributed by atoms with Gasteiger partial charge in [-0.05, 0) is 40.2 Å². The van der Waals surface area contributed by atoms with Crippen LogP contribution in [-0.2, 0) is 15.9 Å². The summed E-state index contributed by atoms with van der Waals surface area (Å²) in [7, 11) is 1.28.